The highest BCUT2D eigenvalue weighted by molar-refractivity contribution is 5.87. The first-order valence-electron chi connectivity index (χ1n) is 5.30. The lowest BCUT2D eigenvalue weighted by molar-refractivity contribution is -0.106. The molecule has 5 nitrogen and oxygen atoms in total. The van der Waals surface area contributed by atoms with Gasteiger partial charge in [0.2, 0.25) is 0 Å². The van der Waals surface area contributed by atoms with Crippen molar-refractivity contribution in [2.24, 2.45) is 0 Å². The number of aromatic nitrogens is 1. The van der Waals surface area contributed by atoms with Gasteiger partial charge in [-0.05, 0) is 25.0 Å². The third-order valence-electron chi connectivity index (χ3n) is 2.92. The molecule has 1 aliphatic rings. The molecule has 0 aliphatic carbocycles. The Morgan fingerprint density at radius 2 is 2.06 bits per heavy atom. The molecular formula is C11H14N2O3. The Balaban J connectivity index is 2.07. The molecule has 2 rings (SSSR count). The molecule has 1 fully saturated rings. The van der Waals surface area contributed by atoms with Crippen molar-refractivity contribution in [3.63, 3.8) is 0 Å². The quantitative estimate of drug-likeness (QED) is 0.790. The van der Waals surface area contributed by atoms with Gasteiger partial charge in [-0.2, -0.15) is 5.06 Å². The summed E-state index contributed by atoms with van der Waals surface area (Å²) in [5, 5.41) is 19.3. The predicted octanol–water partition coefficient (Wildman–Crippen LogP) is 1.35. The van der Waals surface area contributed by atoms with Crippen molar-refractivity contribution < 1.29 is 15.1 Å². The van der Waals surface area contributed by atoms with E-state index >= 15 is 0 Å². The number of carboxylic acids is 1. The minimum absolute atomic E-state index is 0.211. The van der Waals surface area contributed by atoms with E-state index in [1.807, 2.05) is 0 Å². The minimum Gasteiger partial charge on any atom is -0.478 e. The van der Waals surface area contributed by atoms with Gasteiger partial charge >= 0.3 is 5.97 Å². The Kier molecular flexibility index (Phi) is 3.17. The molecule has 0 aromatic carbocycles. The molecule has 0 unspecified atom stereocenters. The number of rotatable bonds is 2. The number of aromatic carboxylic acids is 1. The van der Waals surface area contributed by atoms with E-state index in [0.29, 0.717) is 19.0 Å². The van der Waals surface area contributed by atoms with E-state index in [9.17, 15) is 10.0 Å². The van der Waals surface area contributed by atoms with Gasteiger partial charge in [-0.1, -0.05) is 0 Å². The molecule has 1 aliphatic heterocycles. The first kappa shape index (κ1) is 11.0. The average Bonchev–Trinajstić information content (AvgIpc) is 2.30. The number of carbonyl (C=O) groups is 1. The van der Waals surface area contributed by atoms with Crippen LogP contribution in [0.25, 0.3) is 0 Å². The average molecular weight is 222 g/mol. The van der Waals surface area contributed by atoms with Crippen molar-refractivity contribution in [2.45, 2.75) is 18.8 Å². The maximum atomic E-state index is 10.7. The van der Waals surface area contributed by atoms with Crippen LogP contribution in [0.2, 0.25) is 0 Å². The minimum atomic E-state index is -0.954. The Labute approximate surface area is 93.3 Å². The van der Waals surface area contributed by atoms with E-state index in [1.165, 1.54) is 11.3 Å². The maximum absolute atomic E-state index is 10.7. The van der Waals surface area contributed by atoms with E-state index in [4.69, 9.17) is 5.11 Å². The predicted molar refractivity (Wildman–Crippen MR) is 56.5 cm³/mol. The molecule has 0 spiro atoms. The molecule has 2 heterocycles. The third-order valence-corrected chi connectivity index (χ3v) is 2.92. The lowest BCUT2D eigenvalue weighted by Gasteiger charge is -2.26. The van der Waals surface area contributed by atoms with Crippen LogP contribution >= 0.6 is 0 Å². The highest BCUT2D eigenvalue weighted by Gasteiger charge is 2.20. The van der Waals surface area contributed by atoms with Crippen LogP contribution in [0.5, 0.6) is 0 Å². The highest BCUT2D eigenvalue weighted by atomic mass is 16.5. The first-order chi connectivity index (χ1) is 7.66. The van der Waals surface area contributed by atoms with Gasteiger partial charge in [-0.15, -0.1) is 0 Å². The number of hydrogen-bond acceptors (Lipinski definition) is 4. The zero-order valence-corrected chi connectivity index (χ0v) is 8.83. The summed E-state index contributed by atoms with van der Waals surface area (Å²) < 4.78 is 0. The summed E-state index contributed by atoms with van der Waals surface area (Å²) in [5.74, 6) is -0.629. The van der Waals surface area contributed by atoms with E-state index in [-0.39, 0.29) is 5.56 Å². The standard InChI is InChI=1S/C11H14N2O3/c14-11(15)9-1-2-10(12-7-9)8-3-5-13(16)6-4-8/h1-2,7-8,16H,3-6H2,(H,14,15). The van der Waals surface area contributed by atoms with Crippen LogP contribution in [0, 0.1) is 0 Å². The molecule has 2 N–H and O–H groups in total. The van der Waals surface area contributed by atoms with Gasteiger partial charge in [0.05, 0.1) is 5.56 Å². The summed E-state index contributed by atoms with van der Waals surface area (Å²) in [7, 11) is 0. The fourth-order valence-electron chi connectivity index (χ4n) is 1.93. The third kappa shape index (κ3) is 2.37. The molecule has 1 saturated heterocycles. The van der Waals surface area contributed by atoms with Gasteiger partial charge in [-0.3, -0.25) is 4.98 Å². The fourth-order valence-corrected chi connectivity index (χ4v) is 1.93. The van der Waals surface area contributed by atoms with Crippen molar-refractivity contribution in [2.75, 3.05) is 13.1 Å². The largest absolute Gasteiger partial charge is 0.478 e. The van der Waals surface area contributed by atoms with Crippen LogP contribution in [0.1, 0.15) is 34.8 Å². The SMILES string of the molecule is O=C(O)c1ccc(C2CCN(O)CC2)nc1. The van der Waals surface area contributed by atoms with E-state index in [1.54, 1.807) is 12.1 Å². The Hall–Kier alpha value is -1.46. The Bertz CT molecular complexity index is 369. The van der Waals surface area contributed by atoms with Crippen LogP contribution in [0.4, 0.5) is 0 Å². The van der Waals surface area contributed by atoms with Gasteiger partial charge in [0, 0.05) is 30.9 Å². The first-order valence-corrected chi connectivity index (χ1v) is 5.30. The summed E-state index contributed by atoms with van der Waals surface area (Å²) in [6, 6.07) is 3.34. The monoisotopic (exact) mass is 222 g/mol. The van der Waals surface area contributed by atoms with Gasteiger partial charge in [0.1, 0.15) is 0 Å². The van der Waals surface area contributed by atoms with Crippen LogP contribution in [0.3, 0.4) is 0 Å². The summed E-state index contributed by atoms with van der Waals surface area (Å²) >= 11 is 0. The van der Waals surface area contributed by atoms with Crippen LogP contribution in [0.15, 0.2) is 18.3 Å². The van der Waals surface area contributed by atoms with Crippen molar-refractivity contribution in [3.05, 3.63) is 29.6 Å². The summed E-state index contributed by atoms with van der Waals surface area (Å²) in [6.07, 6.45) is 3.11. The molecule has 0 atom stereocenters. The molecule has 5 heteroatoms. The molecule has 16 heavy (non-hydrogen) atoms. The number of pyridine rings is 1. The molecule has 1 aromatic rings. The number of carboxylic acid groups (broad SMARTS) is 1. The van der Waals surface area contributed by atoms with Crippen LogP contribution in [-0.4, -0.2) is 39.4 Å². The number of hydroxylamine groups is 2. The maximum Gasteiger partial charge on any atom is 0.337 e. The molecule has 0 radical (unpaired) electrons. The van der Waals surface area contributed by atoms with Gasteiger partial charge < -0.3 is 10.3 Å². The van der Waals surface area contributed by atoms with E-state index in [0.717, 1.165) is 18.5 Å². The van der Waals surface area contributed by atoms with Crippen LogP contribution in [-0.2, 0) is 0 Å². The van der Waals surface area contributed by atoms with Crippen LogP contribution < -0.4 is 0 Å². The number of piperidine rings is 1. The molecule has 0 bridgehead atoms. The van der Waals surface area contributed by atoms with E-state index in [2.05, 4.69) is 4.98 Å². The lowest BCUT2D eigenvalue weighted by atomic mass is 9.94. The second-order valence-corrected chi connectivity index (χ2v) is 4.00. The molecule has 86 valence electrons. The fraction of sp³-hybridized carbons (Fsp3) is 0.455. The van der Waals surface area contributed by atoms with Crippen molar-refractivity contribution >= 4 is 5.97 Å². The van der Waals surface area contributed by atoms with Crippen molar-refractivity contribution in [1.29, 1.82) is 0 Å². The summed E-state index contributed by atoms with van der Waals surface area (Å²) in [6.45, 7) is 1.29. The zero-order valence-electron chi connectivity index (χ0n) is 8.83. The van der Waals surface area contributed by atoms with Gasteiger partial charge in [0.15, 0.2) is 0 Å². The number of hydrogen-bond donors (Lipinski definition) is 2. The summed E-state index contributed by atoms with van der Waals surface area (Å²) in [4.78, 5) is 14.8. The lowest BCUT2D eigenvalue weighted by Crippen LogP contribution is -2.30. The highest BCUT2D eigenvalue weighted by Crippen LogP contribution is 2.25. The smallest absolute Gasteiger partial charge is 0.337 e. The topological polar surface area (TPSA) is 73.7 Å². The molecular weight excluding hydrogens is 208 g/mol. The van der Waals surface area contributed by atoms with Gasteiger partial charge in [0.25, 0.3) is 0 Å². The molecule has 0 saturated carbocycles. The van der Waals surface area contributed by atoms with Gasteiger partial charge in [-0.25, -0.2) is 4.79 Å². The second kappa shape index (κ2) is 4.59. The Morgan fingerprint density at radius 1 is 1.38 bits per heavy atom. The normalized spacial score (nSPS) is 18.6. The Morgan fingerprint density at radius 3 is 2.56 bits per heavy atom. The number of nitrogens with zero attached hydrogens (tertiary/aromatic N) is 2. The second-order valence-electron chi connectivity index (χ2n) is 4.00. The zero-order chi connectivity index (χ0) is 11.5. The van der Waals surface area contributed by atoms with E-state index < -0.39 is 5.97 Å². The summed E-state index contributed by atoms with van der Waals surface area (Å²) in [5.41, 5.74) is 1.13. The van der Waals surface area contributed by atoms with Crippen molar-refractivity contribution in [1.82, 2.24) is 10.0 Å². The molecule has 1 aromatic heterocycles. The molecule has 0 amide bonds. The van der Waals surface area contributed by atoms with Crippen molar-refractivity contribution in [3.8, 4) is 0 Å².